The van der Waals surface area contributed by atoms with Gasteiger partial charge in [-0.1, -0.05) is 84.2 Å². The fourth-order valence-corrected chi connectivity index (χ4v) is 2.89. The number of halogens is 1. The van der Waals surface area contributed by atoms with Crippen LogP contribution in [0.15, 0.2) is 12.2 Å². The highest BCUT2D eigenvalue weighted by molar-refractivity contribution is 4.94. The lowest BCUT2D eigenvalue weighted by atomic mass is 10.0. The lowest BCUT2D eigenvalue weighted by Gasteiger charge is -2.34. The summed E-state index contributed by atoms with van der Waals surface area (Å²) in [5.41, 5.74) is 0. The summed E-state index contributed by atoms with van der Waals surface area (Å²) >= 11 is 0. The number of rotatable bonds is 16. The standard InChI is InChI=1S/C21H42FNO/c1-5-6-7-8-9-10-11-12-13-14-15-16-20(22)17-18-21(19-24)23(2,3)4/h17-18,20-21H,5-16,19H2,1-4H3/b18-17+/t20?,21-/m1/s1. The molecular weight excluding hydrogens is 301 g/mol. The fraction of sp³-hybridized carbons (Fsp3) is 0.905. The Balaban J connectivity index is 3.54. The third kappa shape index (κ3) is 14.0. The maximum atomic E-state index is 13.9. The van der Waals surface area contributed by atoms with Gasteiger partial charge in [0.1, 0.15) is 6.17 Å². The zero-order valence-corrected chi connectivity index (χ0v) is 16.7. The van der Waals surface area contributed by atoms with Crippen LogP contribution in [0.1, 0.15) is 84.0 Å². The Morgan fingerprint density at radius 2 is 1.25 bits per heavy atom. The van der Waals surface area contributed by atoms with E-state index in [1.807, 2.05) is 21.1 Å². The minimum atomic E-state index is -0.899. The molecular formula is C21H42FNO. The highest BCUT2D eigenvalue weighted by Crippen LogP contribution is 2.14. The summed E-state index contributed by atoms with van der Waals surface area (Å²) in [5, 5.41) is 11.2. The molecule has 0 amide bonds. The van der Waals surface area contributed by atoms with E-state index in [1.165, 1.54) is 57.8 Å². The molecule has 0 fully saturated rings. The number of unbranched alkanes of at least 4 members (excludes halogenated alkanes) is 10. The van der Waals surface area contributed by atoms with Gasteiger partial charge in [-0.15, -0.1) is 0 Å². The summed E-state index contributed by atoms with van der Waals surface area (Å²) < 4.78 is 14.4. The predicted molar refractivity (Wildman–Crippen MR) is 102 cm³/mol. The molecule has 2 nitrogen and oxygen atoms in total. The van der Waals surface area contributed by atoms with Crippen molar-refractivity contribution < 1.29 is 14.0 Å². The zero-order valence-electron chi connectivity index (χ0n) is 16.7. The van der Waals surface area contributed by atoms with Crippen molar-refractivity contribution in [3.8, 4) is 0 Å². The first-order valence-corrected chi connectivity index (χ1v) is 10.1. The Morgan fingerprint density at radius 3 is 1.67 bits per heavy atom. The lowest BCUT2D eigenvalue weighted by molar-refractivity contribution is -0.895. The van der Waals surface area contributed by atoms with Crippen LogP contribution in [0.25, 0.3) is 0 Å². The second-order valence-electron chi connectivity index (χ2n) is 8.08. The third-order valence-electron chi connectivity index (χ3n) is 4.79. The van der Waals surface area contributed by atoms with Crippen LogP contribution in [0.2, 0.25) is 0 Å². The van der Waals surface area contributed by atoms with E-state index in [0.29, 0.717) is 10.9 Å². The molecule has 0 saturated carbocycles. The van der Waals surface area contributed by atoms with Gasteiger partial charge >= 0.3 is 0 Å². The number of likely N-dealkylation sites (N-methyl/N-ethyl adjacent to an activating group) is 1. The van der Waals surface area contributed by atoms with E-state index in [4.69, 9.17) is 0 Å². The molecule has 0 aliphatic rings. The highest BCUT2D eigenvalue weighted by atomic mass is 19.1. The van der Waals surface area contributed by atoms with Gasteiger partial charge in [0.25, 0.3) is 0 Å². The van der Waals surface area contributed by atoms with E-state index < -0.39 is 6.17 Å². The van der Waals surface area contributed by atoms with Crippen LogP contribution < -0.4 is 5.11 Å². The largest absolute Gasteiger partial charge is 0.850 e. The lowest BCUT2D eigenvalue weighted by Crippen LogP contribution is -2.48. The van der Waals surface area contributed by atoms with Crippen molar-refractivity contribution in [2.24, 2.45) is 0 Å². The van der Waals surface area contributed by atoms with Crippen LogP contribution in [-0.2, 0) is 0 Å². The van der Waals surface area contributed by atoms with E-state index in [-0.39, 0.29) is 12.6 Å². The molecule has 0 radical (unpaired) electrons. The topological polar surface area (TPSA) is 23.1 Å². The zero-order chi connectivity index (χ0) is 18.3. The average molecular weight is 344 g/mol. The predicted octanol–water partition coefficient (Wildman–Crippen LogP) is 5.02. The number of quaternary nitrogens is 1. The average Bonchev–Trinajstić information content (AvgIpc) is 2.52. The van der Waals surface area contributed by atoms with Crippen molar-refractivity contribution >= 4 is 0 Å². The summed E-state index contributed by atoms with van der Waals surface area (Å²) in [4.78, 5) is 0. The first-order valence-electron chi connectivity index (χ1n) is 10.1. The SMILES string of the molecule is CCCCCCCCCCCCCC(F)/C=C/[C@H](C[O-])[N+](C)(C)C. The molecule has 0 aromatic carbocycles. The van der Waals surface area contributed by atoms with Gasteiger partial charge in [-0.05, 0) is 18.6 Å². The van der Waals surface area contributed by atoms with Crippen LogP contribution in [0, 0.1) is 0 Å². The highest BCUT2D eigenvalue weighted by Gasteiger charge is 2.16. The Kier molecular flexibility index (Phi) is 14.6. The molecule has 0 spiro atoms. The van der Waals surface area contributed by atoms with Gasteiger partial charge in [0.05, 0.1) is 27.2 Å². The van der Waals surface area contributed by atoms with Crippen molar-refractivity contribution in [2.45, 2.75) is 96.2 Å². The van der Waals surface area contributed by atoms with Crippen LogP contribution >= 0.6 is 0 Å². The van der Waals surface area contributed by atoms with Crippen LogP contribution in [0.4, 0.5) is 4.39 Å². The monoisotopic (exact) mass is 343 g/mol. The third-order valence-corrected chi connectivity index (χ3v) is 4.79. The first-order chi connectivity index (χ1) is 11.4. The first kappa shape index (κ1) is 23.6. The Bertz CT molecular complexity index is 299. The van der Waals surface area contributed by atoms with Crippen molar-refractivity contribution in [1.29, 1.82) is 0 Å². The Morgan fingerprint density at radius 1 is 0.792 bits per heavy atom. The molecule has 1 unspecified atom stereocenters. The normalized spacial score (nSPS) is 15.1. The van der Waals surface area contributed by atoms with Crippen LogP contribution in [0.3, 0.4) is 0 Å². The van der Waals surface area contributed by atoms with Gasteiger partial charge in [-0.2, -0.15) is 0 Å². The van der Waals surface area contributed by atoms with Crippen molar-refractivity contribution in [3.63, 3.8) is 0 Å². The minimum absolute atomic E-state index is 0.138. The molecule has 0 aromatic rings. The molecule has 0 aromatic heterocycles. The van der Waals surface area contributed by atoms with E-state index in [0.717, 1.165) is 12.8 Å². The molecule has 0 saturated heterocycles. The van der Waals surface area contributed by atoms with Gasteiger partial charge in [0.2, 0.25) is 0 Å². The van der Waals surface area contributed by atoms with Crippen LogP contribution in [0.5, 0.6) is 0 Å². The molecule has 0 aliphatic carbocycles. The van der Waals surface area contributed by atoms with E-state index in [1.54, 1.807) is 12.2 Å². The number of nitrogens with zero attached hydrogens (tertiary/aromatic N) is 1. The molecule has 0 N–H and O–H groups in total. The smallest absolute Gasteiger partial charge is 0.118 e. The summed E-state index contributed by atoms with van der Waals surface area (Å²) in [5.74, 6) is 0. The molecule has 24 heavy (non-hydrogen) atoms. The van der Waals surface area contributed by atoms with Crippen molar-refractivity contribution in [2.75, 3.05) is 27.7 Å². The summed E-state index contributed by atoms with van der Waals surface area (Å²) in [6, 6.07) is -0.138. The van der Waals surface area contributed by atoms with Gasteiger partial charge in [-0.25, -0.2) is 4.39 Å². The quantitative estimate of drug-likeness (QED) is 0.219. The van der Waals surface area contributed by atoms with Gasteiger partial charge in [-0.3, -0.25) is 0 Å². The second kappa shape index (κ2) is 14.9. The van der Waals surface area contributed by atoms with E-state index >= 15 is 0 Å². The van der Waals surface area contributed by atoms with Crippen LogP contribution in [-0.4, -0.2) is 44.4 Å². The summed E-state index contributed by atoms with van der Waals surface area (Å²) in [7, 11) is 5.93. The molecule has 2 atom stereocenters. The Labute approximate surface area is 150 Å². The Hall–Kier alpha value is -0.410. The number of allylic oxidation sites excluding steroid dienone is 1. The van der Waals surface area contributed by atoms with Gasteiger partial charge in [0, 0.05) is 0 Å². The number of hydrogen-bond acceptors (Lipinski definition) is 1. The maximum Gasteiger partial charge on any atom is 0.118 e. The summed E-state index contributed by atoms with van der Waals surface area (Å²) in [6.45, 7) is 2.06. The van der Waals surface area contributed by atoms with Gasteiger partial charge < -0.3 is 9.59 Å². The summed E-state index contributed by atoms with van der Waals surface area (Å²) in [6.07, 6.45) is 17.2. The number of alkyl halides is 1. The molecule has 144 valence electrons. The van der Waals surface area contributed by atoms with E-state index in [2.05, 4.69) is 6.92 Å². The molecule has 0 bridgehead atoms. The molecule has 3 heteroatoms. The number of hydrogen-bond donors (Lipinski definition) is 0. The fourth-order valence-electron chi connectivity index (χ4n) is 2.89. The maximum absolute atomic E-state index is 13.9. The molecule has 0 heterocycles. The van der Waals surface area contributed by atoms with E-state index in [9.17, 15) is 9.50 Å². The molecule has 0 rings (SSSR count). The minimum Gasteiger partial charge on any atom is -0.850 e. The molecule has 0 aliphatic heterocycles. The van der Waals surface area contributed by atoms with Crippen molar-refractivity contribution in [1.82, 2.24) is 0 Å². The van der Waals surface area contributed by atoms with Crippen molar-refractivity contribution in [3.05, 3.63) is 12.2 Å². The van der Waals surface area contributed by atoms with Gasteiger partial charge in [0.15, 0.2) is 0 Å². The second-order valence-corrected chi connectivity index (χ2v) is 8.08.